The van der Waals surface area contributed by atoms with Gasteiger partial charge in [0.25, 0.3) is 0 Å². The molecule has 65 heavy (non-hydrogen) atoms. The number of nitrogens with one attached hydrogen (secondary N) is 4. The first-order chi connectivity index (χ1) is 31.7. The number of imidazole rings is 2. The predicted molar refractivity (Wildman–Crippen MR) is 238 cm³/mol. The Labute approximate surface area is 375 Å². The number of ether oxygens (including phenoxy) is 3. The summed E-state index contributed by atoms with van der Waals surface area (Å²) < 4.78 is 16.0. The minimum atomic E-state index is -1.19. The highest BCUT2D eigenvalue weighted by atomic mass is 16.5. The molecular formula is C49H54N8O8. The lowest BCUT2D eigenvalue weighted by molar-refractivity contribution is -0.138. The van der Waals surface area contributed by atoms with Gasteiger partial charge >= 0.3 is 12.2 Å². The Hall–Kier alpha value is -6.26. The number of aromatic nitrogens is 4. The van der Waals surface area contributed by atoms with E-state index in [1.807, 2.05) is 22.2 Å². The molecule has 3 aromatic carbocycles. The summed E-state index contributed by atoms with van der Waals surface area (Å²) >= 11 is 0. The molecule has 0 bridgehead atoms. The number of hydrogen-bond donors (Lipinski definition) is 5. The number of benzene rings is 3. The fourth-order valence-electron chi connectivity index (χ4n) is 11.3. The van der Waals surface area contributed by atoms with E-state index in [1.54, 1.807) is 0 Å². The molecule has 4 saturated heterocycles. The number of methoxy groups -OCH3 is 1. The van der Waals surface area contributed by atoms with E-state index in [4.69, 9.17) is 24.2 Å². The highest BCUT2D eigenvalue weighted by molar-refractivity contribution is 5.91. The summed E-state index contributed by atoms with van der Waals surface area (Å²) in [7, 11) is 1.32. The molecular weight excluding hydrogens is 829 g/mol. The number of alkyl carbamates (subject to hydrolysis) is 1. The van der Waals surface area contributed by atoms with Gasteiger partial charge in [0, 0.05) is 44.1 Å². The molecule has 2 aliphatic carbocycles. The van der Waals surface area contributed by atoms with E-state index in [2.05, 4.69) is 81.3 Å². The van der Waals surface area contributed by atoms with Gasteiger partial charge in [-0.25, -0.2) is 19.6 Å². The SMILES string of the molecule is COC(=O)N[C@H](C(=O)N1[C@@H]2C[C@H]2C[C@H]1c1ncc(-c2ccc3cc(-c4ccc(-c5cnc([C@@H]6C[C@H]7C[C@H]7N6C(=O)[C@@H](NC(=O)O)C6CCOCC6)[nH]5)cc4)ccc3c2)[nH]1)C1CCOCC1. The number of carboxylic acid groups (broad SMARTS) is 1. The summed E-state index contributed by atoms with van der Waals surface area (Å²) in [6.45, 7) is 2.17. The van der Waals surface area contributed by atoms with Crippen molar-refractivity contribution in [3.8, 4) is 33.6 Å². The van der Waals surface area contributed by atoms with Crippen LogP contribution in [-0.2, 0) is 23.8 Å². The molecule has 5 N–H and O–H groups in total. The Bertz CT molecular complexity index is 2620. The summed E-state index contributed by atoms with van der Waals surface area (Å²) in [5, 5.41) is 17.2. The number of likely N-dealkylation sites (tertiary alicyclic amines) is 2. The molecule has 16 heteroatoms. The molecule has 8 atom stereocenters. The van der Waals surface area contributed by atoms with Gasteiger partial charge in [0.05, 0.1) is 43.0 Å². The maximum atomic E-state index is 14.3. The van der Waals surface area contributed by atoms with Crippen LogP contribution in [-0.4, -0.2) is 117 Å². The third-order valence-corrected chi connectivity index (χ3v) is 15.0. The van der Waals surface area contributed by atoms with E-state index in [0.29, 0.717) is 63.9 Å². The summed E-state index contributed by atoms with van der Waals surface area (Å²) in [5.41, 5.74) is 5.87. The number of rotatable bonds is 11. The summed E-state index contributed by atoms with van der Waals surface area (Å²) in [6, 6.07) is 19.5. The minimum Gasteiger partial charge on any atom is -0.465 e. The molecule has 4 amide bonds. The van der Waals surface area contributed by atoms with Crippen molar-refractivity contribution in [2.24, 2.45) is 23.7 Å². The summed E-state index contributed by atoms with van der Waals surface area (Å²) in [6.07, 6.45) is 8.11. The third kappa shape index (κ3) is 8.00. The molecule has 5 aromatic rings. The molecule has 338 valence electrons. The van der Waals surface area contributed by atoms with Crippen molar-refractivity contribution in [3.63, 3.8) is 0 Å². The van der Waals surface area contributed by atoms with Gasteiger partial charge in [0.1, 0.15) is 23.7 Å². The Morgan fingerprint density at radius 2 is 1.11 bits per heavy atom. The Morgan fingerprint density at radius 1 is 0.646 bits per heavy atom. The topological polar surface area (TPSA) is 204 Å². The van der Waals surface area contributed by atoms with Crippen molar-refractivity contribution in [1.29, 1.82) is 0 Å². The number of aromatic amines is 2. The second kappa shape index (κ2) is 16.9. The van der Waals surface area contributed by atoms with Crippen LogP contribution < -0.4 is 10.6 Å². The number of fused-ring (bicyclic) bond motifs is 3. The van der Waals surface area contributed by atoms with Crippen LogP contribution in [0.15, 0.2) is 73.1 Å². The average molecular weight is 883 g/mol. The first-order valence-corrected chi connectivity index (χ1v) is 23.1. The first-order valence-electron chi connectivity index (χ1n) is 23.1. The normalized spacial score (nSPS) is 26.0. The lowest BCUT2D eigenvalue weighted by Crippen LogP contribution is -2.54. The van der Waals surface area contributed by atoms with Gasteiger partial charge < -0.3 is 49.7 Å². The zero-order chi connectivity index (χ0) is 44.3. The van der Waals surface area contributed by atoms with Crippen molar-refractivity contribution < 1.29 is 38.5 Å². The fraction of sp³-hybridized carbons (Fsp3) is 0.469. The van der Waals surface area contributed by atoms with E-state index in [0.717, 1.165) is 81.7 Å². The molecule has 0 radical (unpaired) electrons. The fourth-order valence-corrected chi connectivity index (χ4v) is 11.3. The lowest BCUT2D eigenvalue weighted by atomic mass is 9.90. The van der Waals surface area contributed by atoms with Crippen LogP contribution in [0.3, 0.4) is 0 Å². The molecule has 2 aromatic heterocycles. The molecule has 6 fully saturated rings. The predicted octanol–water partition coefficient (Wildman–Crippen LogP) is 6.82. The number of piperidine rings is 2. The van der Waals surface area contributed by atoms with E-state index in [9.17, 15) is 24.3 Å². The molecule has 6 aliphatic rings. The molecule has 2 saturated carbocycles. The second-order valence-corrected chi connectivity index (χ2v) is 18.8. The first kappa shape index (κ1) is 41.4. The second-order valence-electron chi connectivity index (χ2n) is 18.8. The highest BCUT2D eigenvalue weighted by Gasteiger charge is 2.58. The molecule has 4 aliphatic heterocycles. The molecule has 0 spiro atoms. The van der Waals surface area contributed by atoms with Gasteiger partial charge in [-0.15, -0.1) is 0 Å². The standard InChI is InChI=1S/C49H54N8O8/c1-63-49(62)55-43(29-12-16-65-17-13-29)47(59)57-39-21-35(39)23-41(57)45-51-25-37(53-45)33-9-8-31-18-30(6-7-32(31)19-33)26-2-4-27(5-3-26)36-24-50-44(52-36)40-22-34-20-38(34)56(40)46(58)42(54-48(60)61)28-10-14-64-15-11-28/h2-9,18-19,24-25,28-29,34-35,38-43,54H,10-17,20-23H2,1H3,(H,50,52)(H,51,53)(H,55,62)(H,60,61)/t34-,35+,38-,39-,40+,41+,42+,43+/m1/s1. The summed E-state index contributed by atoms with van der Waals surface area (Å²) in [4.78, 5) is 73.0. The largest absolute Gasteiger partial charge is 0.465 e. The monoisotopic (exact) mass is 882 g/mol. The van der Waals surface area contributed by atoms with Gasteiger partial charge in [-0.3, -0.25) is 9.59 Å². The van der Waals surface area contributed by atoms with Crippen molar-refractivity contribution >= 4 is 34.8 Å². The number of hydrogen-bond acceptors (Lipinski definition) is 9. The van der Waals surface area contributed by atoms with E-state index in [-0.39, 0.29) is 47.8 Å². The zero-order valence-corrected chi connectivity index (χ0v) is 36.3. The number of H-pyrrole nitrogens is 2. The third-order valence-electron chi connectivity index (χ3n) is 15.0. The Kier molecular flexibility index (Phi) is 10.8. The van der Waals surface area contributed by atoms with Crippen molar-refractivity contribution in [2.75, 3.05) is 33.5 Å². The van der Waals surface area contributed by atoms with Crippen LogP contribution in [0, 0.1) is 23.7 Å². The van der Waals surface area contributed by atoms with E-state index in [1.165, 1.54) is 7.11 Å². The minimum absolute atomic E-state index is 0.0245. The molecule has 0 unspecified atom stereocenters. The number of amides is 4. The van der Waals surface area contributed by atoms with Gasteiger partial charge in [0.15, 0.2) is 0 Å². The van der Waals surface area contributed by atoms with Crippen LogP contribution in [0.25, 0.3) is 44.4 Å². The highest BCUT2D eigenvalue weighted by Crippen LogP contribution is 2.55. The van der Waals surface area contributed by atoms with E-state index >= 15 is 0 Å². The van der Waals surface area contributed by atoms with Crippen LogP contribution in [0.5, 0.6) is 0 Å². The zero-order valence-electron chi connectivity index (χ0n) is 36.3. The average Bonchev–Trinajstić information content (AvgIpc) is 3.92. The maximum Gasteiger partial charge on any atom is 0.407 e. The number of nitrogens with zero attached hydrogens (tertiary/aromatic N) is 4. The van der Waals surface area contributed by atoms with Crippen molar-refractivity contribution in [1.82, 2.24) is 40.4 Å². The quantitative estimate of drug-likeness (QED) is 0.0936. The maximum absolute atomic E-state index is 14.3. The van der Waals surface area contributed by atoms with E-state index < -0.39 is 24.3 Å². The number of carbonyl (C=O) groups is 4. The Balaban J connectivity index is 0.769. The van der Waals surface area contributed by atoms with Crippen LogP contribution in [0.4, 0.5) is 9.59 Å². The molecule has 6 heterocycles. The lowest BCUT2D eigenvalue weighted by Gasteiger charge is -2.35. The Morgan fingerprint density at radius 3 is 1.63 bits per heavy atom. The van der Waals surface area contributed by atoms with Crippen LogP contribution in [0.2, 0.25) is 0 Å². The van der Waals surface area contributed by atoms with Crippen LogP contribution >= 0.6 is 0 Å². The smallest absolute Gasteiger partial charge is 0.407 e. The molecule has 16 nitrogen and oxygen atoms in total. The van der Waals surface area contributed by atoms with Crippen LogP contribution in [0.1, 0.15) is 75.1 Å². The van der Waals surface area contributed by atoms with Gasteiger partial charge in [-0.2, -0.15) is 0 Å². The summed E-state index contributed by atoms with van der Waals surface area (Å²) in [5.74, 6) is 1.95. The van der Waals surface area contributed by atoms with Gasteiger partial charge in [-0.1, -0.05) is 48.5 Å². The molecule has 11 rings (SSSR count). The van der Waals surface area contributed by atoms with Crippen molar-refractivity contribution in [2.45, 2.75) is 87.6 Å². The van der Waals surface area contributed by atoms with Gasteiger partial charge in [0.2, 0.25) is 11.8 Å². The number of carbonyl (C=O) groups excluding carboxylic acids is 3. The van der Waals surface area contributed by atoms with Gasteiger partial charge in [-0.05, 0) is 115 Å². The van der Waals surface area contributed by atoms with Crippen molar-refractivity contribution in [3.05, 3.63) is 84.7 Å².